The predicted octanol–water partition coefficient (Wildman–Crippen LogP) is -1.96. The van der Waals surface area contributed by atoms with Crippen molar-refractivity contribution < 1.29 is 45.7 Å². The second kappa shape index (κ2) is 7.94. The molecule has 0 N–H and O–H groups in total. The fourth-order valence-electron chi connectivity index (χ4n) is 3.05. The van der Waals surface area contributed by atoms with Crippen LogP contribution in [0.5, 0.6) is 0 Å². The van der Waals surface area contributed by atoms with Gasteiger partial charge in [0.2, 0.25) is 0 Å². The van der Waals surface area contributed by atoms with Crippen LogP contribution < -0.4 is 24.8 Å². The summed E-state index contributed by atoms with van der Waals surface area (Å²) in [5.41, 5.74) is 3.05. The molecule has 0 aromatic heterocycles. The van der Waals surface area contributed by atoms with E-state index in [0.717, 1.165) is 0 Å². The Bertz CT molecular complexity index is 561. The monoisotopic (exact) mass is 399 g/mol. The van der Waals surface area contributed by atoms with E-state index >= 15 is 0 Å². The van der Waals surface area contributed by atoms with Gasteiger partial charge in [0.05, 0.1) is 0 Å². The Morgan fingerprint density at radius 3 is 2.40 bits per heavy atom. The van der Waals surface area contributed by atoms with E-state index in [9.17, 15) is 0 Å². The SMILES string of the molecule is C[SiH](C)[Zr+2]([C]1=CC=CC1)[C]1=Cc2ccccc2C1.[Cl-].[Cl-]. The number of benzene rings is 1. The maximum absolute atomic E-state index is 2.57. The molecule has 20 heavy (non-hydrogen) atoms. The van der Waals surface area contributed by atoms with E-state index in [-0.39, 0.29) is 24.8 Å². The summed E-state index contributed by atoms with van der Waals surface area (Å²) < 4.78 is 3.70. The molecule has 1 aromatic rings. The van der Waals surface area contributed by atoms with Crippen molar-refractivity contribution in [3.63, 3.8) is 0 Å². The molecule has 0 fully saturated rings. The van der Waals surface area contributed by atoms with Gasteiger partial charge in [0, 0.05) is 0 Å². The van der Waals surface area contributed by atoms with Crippen LogP contribution in [0.3, 0.4) is 0 Å². The van der Waals surface area contributed by atoms with E-state index in [1.54, 1.807) is 5.56 Å². The van der Waals surface area contributed by atoms with Gasteiger partial charge >= 0.3 is 119 Å². The van der Waals surface area contributed by atoms with Crippen molar-refractivity contribution in [1.29, 1.82) is 0 Å². The Kier molecular flexibility index (Phi) is 7.21. The molecule has 0 unspecified atom stereocenters. The first-order chi connectivity index (χ1) is 8.75. The summed E-state index contributed by atoms with van der Waals surface area (Å²) in [6, 6.07) is 8.95. The second-order valence-electron chi connectivity index (χ2n) is 5.44. The van der Waals surface area contributed by atoms with E-state index in [1.807, 2.05) is 6.56 Å². The molecular weight excluding hydrogens is 382 g/mol. The largest absolute Gasteiger partial charge is 1.00 e. The van der Waals surface area contributed by atoms with Gasteiger partial charge in [-0.3, -0.25) is 0 Å². The van der Waals surface area contributed by atoms with Crippen molar-refractivity contribution in [2.75, 3.05) is 0 Å². The van der Waals surface area contributed by atoms with Crippen molar-refractivity contribution >= 4 is 12.0 Å². The van der Waals surface area contributed by atoms with Crippen LogP contribution in [0.1, 0.15) is 17.5 Å². The van der Waals surface area contributed by atoms with E-state index in [2.05, 4.69) is 61.7 Å². The molecule has 0 saturated heterocycles. The van der Waals surface area contributed by atoms with E-state index in [0.29, 0.717) is 0 Å². The average Bonchev–Trinajstić information content (AvgIpc) is 2.97. The van der Waals surface area contributed by atoms with Crippen LogP contribution in [-0.2, 0) is 27.3 Å². The van der Waals surface area contributed by atoms with Gasteiger partial charge in [-0.15, -0.1) is 0 Å². The topological polar surface area (TPSA) is 0 Å². The third-order valence-electron chi connectivity index (χ3n) is 3.81. The summed E-state index contributed by atoms with van der Waals surface area (Å²) >= 11 is -1.45. The minimum Gasteiger partial charge on any atom is -1.00 e. The molecule has 105 valence electrons. The van der Waals surface area contributed by atoms with Crippen LogP contribution in [-0.4, -0.2) is 5.92 Å². The summed E-state index contributed by atoms with van der Waals surface area (Å²) in [6.45, 7) is 5.13. The number of rotatable bonds is 3. The molecule has 0 heterocycles. The average molecular weight is 402 g/mol. The Morgan fingerprint density at radius 2 is 1.80 bits per heavy atom. The Labute approximate surface area is 143 Å². The molecule has 2 aliphatic carbocycles. The van der Waals surface area contributed by atoms with Gasteiger partial charge in [-0.05, 0) is 0 Å². The molecule has 0 spiro atoms. The smallest absolute Gasteiger partial charge is 1.00 e. The molecule has 3 rings (SSSR count). The maximum Gasteiger partial charge on any atom is -1.00 e. The van der Waals surface area contributed by atoms with E-state index < -0.39 is 26.8 Å². The Balaban J connectivity index is 0.000001000. The first-order valence-electron chi connectivity index (χ1n) is 6.77. The number of hydrogen-bond donors (Lipinski definition) is 0. The normalized spacial score (nSPS) is 15.2. The zero-order chi connectivity index (χ0) is 12.5. The Hall–Kier alpha value is 0.120. The van der Waals surface area contributed by atoms with Gasteiger partial charge in [0.15, 0.2) is 0 Å². The van der Waals surface area contributed by atoms with Crippen LogP contribution in [0.15, 0.2) is 49.1 Å². The van der Waals surface area contributed by atoms with Crippen LogP contribution in [0.25, 0.3) is 6.08 Å². The number of halogens is 2. The van der Waals surface area contributed by atoms with E-state index in [4.69, 9.17) is 0 Å². The summed E-state index contributed by atoms with van der Waals surface area (Å²) in [5, 5.41) is 0. The summed E-state index contributed by atoms with van der Waals surface area (Å²) in [4.78, 5) is 0. The van der Waals surface area contributed by atoms with Gasteiger partial charge in [-0.25, -0.2) is 0 Å². The third-order valence-corrected chi connectivity index (χ3v) is 23.0. The molecule has 0 aliphatic heterocycles. The molecule has 0 saturated carbocycles. The maximum atomic E-state index is 2.57. The molecule has 4 heteroatoms. The van der Waals surface area contributed by atoms with Gasteiger partial charge in [0.25, 0.3) is 0 Å². The van der Waals surface area contributed by atoms with E-state index in [1.165, 1.54) is 18.4 Å². The van der Waals surface area contributed by atoms with Crippen molar-refractivity contribution in [2.24, 2.45) is 0 Å². The summed E-state index contributed by atoms with van der Waals surface area (Å²) in [7, 11) is 0. The summed E-state index contributed by atoms with van der Waals surface area (Å²) in [5.74, 6) is -0.503. The molecule has 0 atom stereocenters. The number of allylic oxidation sites excluding steroid dienone is 5. The summed E-state index contributed by atoms with van der Waals surface area (Å²) in [6.07, 6.45) is 12.1. The van der Waals surface area contributed by atoms with Gasteiger partial charge in [0.1, 0.15) is 0 Å². The fourth-order valence-corrected chi connectivity index (χ4v) is 22.1. The van der Waals surface area contributed by atoms with Gasteiger partial charge < -0.3 is 24.8 Å². The third kappa shape index (κ3) is 3.65. The van der Waals surface area contributed by atoms with Crippen LogP contribution >= 0.6 is 0 Å². The molecule has 1 aromatic carbocycles. The van der Waals surface area contributed by atoms with Crippen LogP contribution in [0, 0.1) is 0 Å². The van der Waals surface area contributed by atoms with Crippen molar-refractivity contribution in [2.45, 2.75) is 25.9 Å². The zero-order valence-electron chi connectivity index (χ0n) is 11.9. The minimum atomic E-state index is -1.45. The van der Waals surface area contributed by atoms with Crippen LogP contribution in [0.2, 0.25) is 13.1 Å². The second-order valence-corrected chi connectivity index (χ2v) is 24.9. The molecule has 0 radical (unpaired) electrons. The van der Waals surface area contributed by atoms with Crippen molar-refractivity contribution in [1.82, 2.24) is 0 Å². The zero-order valence-corrected chi connectivity index (χ0v) is 17.0. The van der Waals surface area contributed by atoms with Crippen molar-refractivity contribution in [3.8, 4) is 0 Å². The first-order valence-corrected chi connectivity index (χ1v) is 16.4. The molecule has 2 aliphatic rings. The van der Waals surface area contributed by atoms with Crippen molar-refractivity contribution in [3.05, 3.63) is 60.2 Å². The van der Waals surface area contributed by atoms with Crippen LogP contribution in [0.4, 0.5) is 0 Å². The molecule has 0 amide bonds. The standard InChI is InChI=1S/C9H7.C5H5.C2H7Si.2ClH.Zr/c1-2-5-9-7-3-6-8(9)4-1;1-2-4-5-3-1;1-3-2;;;/h1-2,4-6H,7H2;1-3H,4H2;3H,1-2H3;2*1H;/q;;;;;+2/p-2. The van der Waals surface area contributed by atoms with Gasteiger partial charge in [-0.2, -0.15) is 0 Å². The fraction of sp³-hybridized carbons (Fsp3) is 0.250. The number of hydrogen-bond acceptors (Lipinski definition) is 0. The molecular formula is C16H19Cl2SiZr. The Morgan fingerprint density at radius 1 is 1.05 bits per heavy atom. The quantitative estimate of drug-likeness (QED) is 0.516. The predicted molar refractivity (Wildman–Crippen MR) is 78.8 cm³/mol. The molecule has 0 nitrogen and oxygen atoms in total. The molecule has 0 bridgehead atoms. The van der Waals surface area contributed by atoms with Gasteiger partial charge in [-0.1, -0.05) is 0 Å². The number of fused-ring (bicyclic) bond motifs is 1. The first kappa shape index (κ1) is 18.2. The minimum absolute atomic E-state index is 0.